The van der Waals surface area contributed by atoms with Gasteiger partial charge < -0.3 is 35.9 Å². The van der Waals surface area contributed by atoms with Crippen molar-refractivity contribution in [2.45, 2.75) is 31.9 Å². The van der Waals surface area contributed by atoms with E-state index in [0.29, 0.717) is 5.02 Å². The molecular formula is C23H28ClN5O7. The molecule has 0 fully saturated rings. The van der Waals surface area contributed by atoms with Crippen molar-refractivity contribution < 1.29 is 33.7 Å². The Morgan fingerprint density at radius 1 is 1.08 bits per heavy atom. The summed E-state index contributed by atoms with van der Waals surface area (Å²) in [6, 6.07) is 14.1. The molecule has 0 aliphatic rings. The number of nitrogens with one attached hydrogen (secondary N) is 2. The summed E-state index contributed by atoms with van der Waals surface area (Å²) in [5.41, 5.74) is 4.72. The summed E-state index contributed by atoms with van der Waals surface area (Å²) in [4.78, 5) is 35.7. The van der Waals surface area contributed by atoms with Crippen LogP contribution in [-0.4, -0.2) is 54.5 Å². The van der Waals surface area contributed by atoms with Gasteiger partial charge in [0.25, 0.3) is 5.91 Å². The Bertz CT molecular complexity index is 1070. The minimum atomic E-state index is -1.64. The lowest BCUT2D eigenvalue weighted by molar-refractivity contribution is -0.163. The fraction of sp³-hybridized carbons (Fsp3) is 0.304. The fourth-order valence-electron chi connectivity index (χ4n) is 3.15. The van der Waals surface area contributed by atoms with Crippen molar-refractivity contribution >= 4 is 35.5 Å². The number of carbonyl (C=O) groups is 3. The van der Waals surface area contributed by atoms with Gasteiger partial charge in [-0.2, -0.15) is 5.10 Å². The molecule has 0 radical (unpaired) electrons. The predicted octanol–water partition coefficient (Wildman–Crippen LogP) is 1.19. The maximum Gasteiger partial charge on any atom is 0.511 e. The minimum Gasteiger partial charge on any atom is -0.435 e. The summed E-state index contributed by atoms with van der Waals surface area (Å²) in [6.45, 7) is 0.928. The fourth-order valence-corrected chi connectivity index (χ4v) is 3.34. The van der Waals surface area contributed by atoms with Crippen molar-refractivity contribution in [3.8, 4) is 11.1 Å². The van der Waals surface area contributed by atoms with E-state index < -0.39 is 37.0 Å². The summed E-state index contributed by atoms with van der Waals surface area (Å²) >= 11 is 6.06. The molecule has 0 aliphatic heterocycles. The summed E-state index contributed by atoms with van der Waals surface area (Å²) in [5, 5.41) is 16.8. The van der Waals surface area contributed by atoms with Crippen LogP contribution in [0.15, 0.2) is 53.6 Å². The standard InChI is InChI=1S/C23H28ClN5O7/c1-2-34-23(33)36-13-35-22(32)19(30)12-18(27-21(31)20(28-25)29-26)10-14-6-8-15(9-7-14)16-4-3-5-17(24)11-16/h3-9,11,18-19,30H,2,10,12-13,25-26H2,1H3,(H,27,31)(H,28,29)/t18-,19?/m1/s1. The van der Waals surface area contributed by atoms with Gasteiger partial charge in [0, 0.05) is 17.5 Å². The molecule has 194 valence electrons. The van der Waals surface area contributed by atoms with Crippen molar-refractivity contribution in [2.24, 2.45) is 16.8 Å². The maximum atomic E-state index is 12.4. The molecule has 0 heterocycles. The van der Waals surface area contributed by atoms with E-state index in [-0.39, 0.29) is 25.3 Å². The van der Waals surface area contributed by atoms with Crippen LogP contribution in [-0.2, 0) is 30.2 Å². The summed E-state index contributed by atoms with van der Waals surface area (Å²) in [6.07, 6.45) is -2.67. The van der Waals surface area contributed by atoms with Gasteiger partial charge in [-0.1, -0.05) is 48.0 Å². The van der Waals surface area contributed by atoms with Gasteiger partial charge >= 0.3 is 12.1 Å². The Morgan fingerprint density at radius 2 is 1.81 bits per heavy atom. The zero-order chi connectivity index (χ0) is 26.5. The average molecular weight is 522 g/mol. The molecule has 0 saturated carbocycles. The van der Waals surface area contributed by atoms with Crippen LogP contribution in [0.5, 0.6) is 0 Å². The van der Waals surface area contributed by atoms with Gasteiger partial charge in [-0.25, -0.2) is 15.4 Å². The molecule has 13 heteroatoms. The maximum absolute atomic E-state index is 12.4. The molecule has 0 bridgehead atoms. The molecule has 0 saturated heterocycles. The van der Waals surface area contributed by atoms with Crippen LogP contribution < -0.4 is 22.4 Å². The Labute approximate surface area is 212 Å². The highest BCUT2D eigenvalue weighted by molar-refractivity contribution is 6.37. The molecular weight excluding hydrogens is 494 g/mol. The summed E-state index contributed by atoms with van der Waals surface area (Å²) in [5.74, 6) is 8.23. The largest absolute Gasteiger partial charge is 0.511 e. The average Bonchev–Trinajstić information content (AvgIpc) is 2.85. The number of nitrogens with two attached hydrogens (primary N) is 2. The Balaban J connectivity index is 2.08. The van der Waals surface area contributed by atoms with Gasteiger partial charge in [-0.15, -0.1) is 0 Å². The Kier molecular flexibility index (Phi) is 11.4. The third-order valence-electron chi connectivity index (χ3n) is 4.83. The number of amides is 1. The van der Waals surface area contributed by atoms with E-state index >= 15 is 0 Å². The van der Waals surface area contributed by atoms with Crippen LogP contribution in [0, 0.1) is 0 Å². The van der Waals surface area contributed by atoms with E-state index in [2.05, 4.69) is 25.3 Å². The van der Waals surface area contributed by atoms with Gasteiger partial charge in [-0.05, 0) is 42.2 Å². The number of hydrazone groups is 1. The number of benzene rings is 2. The zero-order valence-corrected chi connectivity index (χ0v) is 20.2. The highest BCUT2D eigenvalue weighted by Crippen LogP contribution is 2.23. The predicted molar refractivity (Wildman–Crippen MR) is 131 cm³/mol. The van der Waals surface area contributed by atoms with Crippen molar-refractivity contribution in [1.29, 1.82) is 0 Å². The van der Waals surface area contributed by atoms with Crippen molar-refractivity contribution in [3.63, 3.8) is 0 Å². The highest BCUT2D eigenvalue weighted by Gasteiger charge is 2.25. The Morgan fingerprint density at radius 3 is 2.42 bits per heavy atom. The quantitative estimate of drug-likeness (QED) is 0.0758. The van der Waals surface area contributed by atoms with E-state index in [4.69, 9.17) is 28.0 Å². The van der Waals surface area contributed by atoms with Gasteiger partial charge in [0.15, 0.2) is 6.10 Å². The molecule has 0 aromatic heterocycles. The smallest absolute Gasteiger partial charge is 0.435 e. The van der Waals surface area contributed by atoms with Crippen molar-refractivity contribution in [1.82, 2.24) is 10.7 Å². The number of hydrazine groups is 1. The summed E-state index contributed by atoms with van der Waals surface area (Å²) < 4.78 is 13.8. The molecule has 1 unspecified atom stereocenters. The van der Waals surface area contributed by atoms with Crippen LogP contribution in [0.3, 0.4) is 0 Å². The van der Waals surface area contributed by atoms with E-state index in [1.54, 1.807) is 13.0 Å². The van der Waals surface area contributed by atoms with Gasteiger partial charge in [0.1, 0.15) is 0 Å². The first-order chi connectivity index (χ1) is 17.3. The Hall–Kier alpha value is -3.87. The minimum absolute atomic E-state index is 0.0859. The number of ether oxygens (including phenoxy) is 3. The van der Waals surface area contributed by atoms with Crippen LogP contribution in [0.1, 0.15) is 18.9 Å². The second kappa shape index (κ2) is 14.5. The highest BCUT2D eigenvalue weighted by atomic mass is 35.5. The lowest BCUT2D eigenvalue weighted by Gasteiger charge is -2.21. The lowest BCUT2D eigenvalue weighted by Crippen LogP contribution is -2.49. The molecule has 12 nitrogen and oxygen atoms in total. The van der Waals surface area contributed by atoms with E-state index in [1.165, 1.54) is 0 Å². The molecule has 36 heavy (non-hydrogen) atoms. The van der Waals surface area contributed by atoms with E-state index in [0.717, 1.165) is 16.7 Å². The third-order valence-corrected chi connectivity index (χ3v) is 5.07. The normalized spacial score (nSPS) is 12.7. The monoisotopic (exact) mass is 521 g/mol. The zero-order valence-electron chi connectivity index (χ0n) is 19.5. The first-order valence-corrected chi connectivity index (χ1v) is 11.2. The molecule has 7 N–H and O–H groups in total. The SMILES string of the molecule is CCOC(=O)OCOC(=O)C(O)C[C@@H](Cc1ccc(-c2cccc(Cl)c2)cc1)NC(=O)/C(=N/N)NN. The third kappa shape index (κ3) is 9.06. The van der Waals surface area contributed by atoms with Gasteiger partial charge in [-0.3, -0.25) is 4.79 Å². The van der Waals surface area contributed by atoms with Crippen molar-refractivity contribution in [2.75, 3.05) is 13.4 Å². The number of esters is 1. The topological polar surface area (TPSA) is 188 Å². The number of aliphatic hydroxyl groups excluding tert-OH is 1. The number of halogens is 1. The lowest BCUT2D eigenvalue weighted by atomic mass is 9.97. The first kappa shape index (κ1) is 28.4. The second-order valence-corrected chi connectivity index (χ2v) is 7.80. The van der Waals surface area contributed by atoms with Gasteiger partial charge in [0.2, 0.25) is 12.6 Å². The number of hydrogen-bond acceptors (Lipinski definition) is 10. The number of amidine groups is 1. The van der Waals surface area contributed by atoms with Crippen LogP contribution >= 0.6 is 11.6 Å². The molecule has 2 aromatic carbocycles. The molecule has 0 aliphatic carbocycles. The van der Waals surface area contributed by atoms with Crippen molar-refractivity contribution in [3.05, 3.63) is 59.1 Å². The first-order valence-electron chi connectivity index (χ1n) is 10.8. The van der Waals surface area contributed by atoms with Crippen LogP contribution in [0.4, 0.5) is 4.79 Å². The summed E-state index contributed by atoms with van der Waals surface area (Å²) in [7, 11) is 0. The van der Waals surface area contributed by atoms with Crippen LogP contribution in [0.25, 0.3) is 11.1 Å². The van der Waals surface area contributed by atoms with E-state index in [9.17, 15) is 19.5 Å². The molecule has 0 spiro atoms. The molecule has 2 rings (SSSR count). The number of carbonyl (C=O) groups excluding carboxylic acids is 3. The van der Waals surface area contributed by atoms with Crippen LogP contribution in [0.2, 0.25) is 5.02 Å². The van der Waals surface area contributed by atoms with E-state index in [1.807, 2.05) is 42.5 Å². The molecule has 2 aromatic rings. The molecule has 1 amide bonds. The number of aliphatic hydroxyl groups is 1. The number of nitrogens with zero attached hydrogens (tertiary/aromatic N) is 1. The molecule has 2 atom stereocenters. The number of rotatable bonds is 10. The van der Waals surface area contributed by atoms with Gasteiger partial charge in [0.05, 0.1) is 6.61 Å². The number of hydrogen-bond donors (Lipinski definition) is 5. The second-order valence-electron chi connectivity index (χ2n) is 7.36.